The van der Waals surface area contributed by atoms with E-state index in [4.69, 9.17) is 62.8 Å². The van der Waals surface area contributed by atoms with Gasteiger partial charge in [-0.25, -0.2) is 19.2 Å². The van der Waals surface area contributed by atoms with E-state index in [0.717, 1.165) is 10.5 Å². The number of alkyl carbamates (subject to hydrolysis) is 1. The highest BCUT2D eigenvalue weighted by Gasteiger charge is 2.52. The maximum atomic E-state index is 14.6. The molecule has 10 N–H and O–H groups in total. The summed E-state index contributed by atoms with van der Waals surface area (Å²) in [4.78, 5) is 139. The monoisotopic (exact) mass is 1360 g/mol. The van der Waals surface area contributed by atoms with Gasteiger partial charge in [0.25, 0.3) is 17.7 Å². The third-order valence-electron chi connectivity index (χ3n) is 16.6. The number of carbonyl (C=O) groups is 10. The van der Waals surface area contributed by atoms with Gasteiger partial charge in [-0.3, -0.25) is 34.1 Å². The Morgan fingerprint density at radius 2 is 1.60 bits per heavy atom. The molecule has 0 unspecified atom stereocenters. The normalized spacial score (nSPS) is 23.6. The number of hydrogen-bond donors (Lipinski definition) is 9. The van der Waals surface area contributed by atoms with Crippen LogP contribution in [0.25, 0.3) is 0 Å². The number of hydrogen-bond acceptors (Lipinski definition) is 20. The lowest BCUT2D eigenvalue weighted by molar-refractivity contribution is -0.198. The predicted molar refractivity (Wildman–Crippen MR) is 346 cm³/mol. The van der Waals surface area contributed by atoms with Gasteiger partial charge in [-0.2, -0.15) is 0 Å². The van der Waals surface area contributed by atoms with Gasteiger partial charge in [-0.1, -0.05) is 75.2 Å². The van der Waals surface area contributed by atoms with E-state index in [0.29, 0.717) is 17.0 Å². The zero-order valence-corrected chi connectivity index (χ0v) is 56.4. The lowest BCUT2D eigenvalue weighted by Gasteiger charge is -2.46. The van der Waals surface area contributed by atoms with Crippen molar-refractivity contribution >= 4 is 99.8 Å². The molecular weight excluding hydrogens is 1270 g/mol. The van der Waals surface area contributed by atoms with E-state index in [1.165, 1.54) is 65.3 Å². The van der Waals surface area contributed by atoms with Crippen LogP contribution in [0.1, 0.15) is 109 Å². The number of nitrogens with one attached hydrogen (secondary N) is 6. The number of nitrogens with zero attached hydrogens (tertiary/aromatic N) is 3. The summed E-state index contributed by atoms with van der Waals surface area (Å²) in [5, 5.41) is 41.8. The number of primary amides is 1. The molecule has 31 heteroatoms. The van der Waals surface area contributed by atoms with Crippen LogP contribution >= 0.6 is 23.8 Å². The summed E-state index contributed by atoms with van der Waals surface area (Å²) in [6.45, 7) is 12.0. The fourth-order valence-electron chi connectivity index (χ4n) is 10.5. The molecule has 2 aromatic rings. The number of para-hydroxylation sites is 1. The van der Waals surface area contributed by atoms with Crippen molar-refractivity contribution in [3.8, 4) is 5.75 Å². The van der Waals surface area contributed by atoms with Crippen molar-refractivity contribution in [1.29, 1.82) is 0 Å². The van der Waals surface area contributed by atoms with E-state index in [1.807, 2.05) is 6.92 Å². The van der Waals surface area contributed by atoms with Crippen LogP contribution in [0.15, 0.2) is 60.2 Å². The average molecular weight is 1360 g/mol. The number of aliphatic hydroxyl groups is 2. The smallest absolute Gasteiger partial charge is 0.409 e. The summed E-state index contributed by atoms with van der Waals surface area (Å²) in [6.07, 6.45) is -0.328. The number of thiocarbonyl (C=S) groups is 1. The van der Waals surface area contributed by atoms with Crippen molar-refractivity contribution in [2.75, 3.05) is 78.0 Å². The maximum Gasteiger partial charge on any atom is 0.409 e. The van der Waals surface area contributed by atoms with Crippen LogP contribution in [0.5, 0.6) is 5.75 Å². The van der Waals surface area contributed by atoms with Crippen molar-refractivity contribution < 1.29 is 91.4 Å². The number of fused-ring (bicyclic) bond motifs is 4. The molecule has 2 saturated heterocycles. The first kappa shape index (κ1) is 76.7. The molecule has 0 spiro atoms. The zero-order valence-electron chi connectivity index (χ0n) is 54.8. The fourth-order valence-corrected chi connectivity index (χ4v) is 11.0. The van der Waals surface area contributed by atoms with Crippen LogP contribution in [0.3, 0.4) is 0 Å². The molecule has 2 aromatic carbocycles. The van der Waals surface area contributed by atoms with Crippen molar-refractivity contribution in [3.05, 3.63) is 76.3 Å². The van der Waals surface area contributed by atoms with E-state index >= 15 is 0 Å². The molecule has 94 heavy (non-hydrogen) atoms. The number of methoxy groups -OCH3 is 2. The summed E-state index contributed by atoms with van der Waals surface area (Å²) < 4.78 is 34.1. The third-order valence-corrected chi connectivity index (χ3v) is 17.3. The number of nitrogens with two attached hydrogens (primary N) is 1. The van der Waals surface area contributed by atoms with Gasteiger partial charge in [-0.15, -0.1) is 5.06 Å². The molecule has 4 bridgehead atoms. The number of anilines is 2. The number of ether oxygens (including phenoxy) is 6. The Kier molecular flexibility index (Phi) is 29.0. The van der Waals surface area contributed by atoms with Crippen LogP contribution in [0.2, 0.25) is 5.02 Å². The number of halogens is 1. The summed E-state index contributed by atoms with van der Waals surface area (Å²) in [5.41, 5.74) is 2.84. The summed E-state index contributed by atoms with van der Waals surface area (Å²) in [5.74, 6) is -7.76. The number of urea groups is 1. The van der Waals surface area contributed by atoms with E-state index in [9.17, 15) is 58.2 Å². The van der Waals surface area contributed by atoms with Crippen LogP contribution in [0.4, 0.5) is 21.0 Å². The van der Waals surface area contributed by atoms with Gasteiger partial charge >= 0.3 is 24.1 Å². The minimum absolute atomic E-state index is 0.0185. The van der Waals surface area contributed by atoms with Crippen molar-refractivity contribution in [3.63, 3.8) is 0 Å². The maximum absolute atomic E-state index is 14.6. The van der Waals surface area contributed by atoms with Crippen LogP contribution < -0.4 is 47.3 Å². The molecule has 10 atom stereocenters. The van der Waals surface area contributed by atoms with Crippen molar-refractivity contribution in [2.45, 2.75) is 148 Å². The second kappa shape index (κ2) is 35.5. The van der Waals surface area contributed by atoms with Gasteiger partial charge < -0.3 is 85.6 Å². The Bertz CT molecular complexity index is 3140. The first-order chi connectivity index (χ1) is 44.3. The second-order valence-electron chi connectivity index (χ2n) is 23.8. The first-order valence-corrected chi connectivity index (χ1v) is 31.5. The summed E-state index contributed by atoms with van der Waals surface area (Å²) in [7, 11) is 5.57. The predicted octanol–water partition coefficient (Wildman–Crippen LogP) is 3.45. The largest absolute Gasteiger partial charge is 0.495 e. The third kappa shape index (κ3) is 21.3. The Balaban J connectivity index is 1.30. The van der Waals surface area contributed by atoms with Crippen molar-refractivity contribution in [1.82, 2.24) is 36.5 Å². The minimum Gasteiger partial charge on any atom is -0.495 e. The van der Waals surface area contributed by atoms with Crippen LogP contribution in [0, 0.1) is 17.8 Å². The Hall–Kier alpha value is -8.00. The number of benzene rings is 2. The number of rotatable bonds is 26. The highest BCUT2D eigenvalue weighted by Crippen LogP contribution is 2.40. The zero-order chi connectivity index (χ0) is 69.8. The number of carbonyl (C=O) groups excluding carboxylic acids is 10. The lowest BCUT2D eigenvalue weighted by Crippen LogP contribution is -2.64. The fraction of sp³-hybridized carbons (Fsp3) is 0.571. The standard InChI is InChI=1S/C63H89ClN10O19S/c1-35(2)54(70-60(94)67-25-27-90-29-28-89-26-23-52(78)93-74-49(75)21-22-50(74)76)56(80)69-43(19-15-24-66-59(65)83)55(79)68-42-18-13-12-17-41(42)57(81)72(8)39(6)58(82)92-48-33-51(77)73(9)44-31-40(32-45(87-10)53(44)64)30-36(3)16-14-20-47(88-11)63(86)34-46(91-61(84)71-63)37(4)38(5)62(48,7)85/h12-14,16-18,20,31-32,35,37-39,43,46-48,54,85-86H,15,19,21-30,33-34H2,1-11H3,(H,68,79)(H,69,80)(H,71,84)(H3,65,66,83)(H2,67,70,94)/b20-14+,36-16+/t37-,38-,39-,43-,46-,47+,48-,54-,62+,63-/m0/s1. The molecule has 2 fully saturated rings. The van der Waals surface area contributed by atoms with Gasteiger partial charge in [0.15, 0.2) is 10.8 Å². The van der Waals surface area contributed by atoms with Gasteiger partial charge in [0.1, 0.15) is 52.8 Å². The summed E-state index contributed by atoms with van der Waals surface area (Å²) >= 11 is 12.4. The number of imide groups is 1. The van der Waals surface area contributed by atoms with E-state index in [-0.39, 0.29) is 111 Å². The number of amides is 9. The Labute approximate surface area is 556 Å². The van der Waals surface area contributed by atoms with E-state index in [1.54, 1.807) is 64.1 Å². The number of allylic oxidation sites excluding steroid dienone is 3. The molecule has 0 radical (unpaired) electrons. The highest BCUT2D eigenvalue weighted by atomic mass is 35.5. The van der Waals surface area contributed by atoms with Crippen LogP contribution in [-0.2, 0) is 68.5 Å². The van der Waals surface area contributed by atoms with Crippen molar-refractivity contribution in [2.24, 2.45) is 23.5 Å². The summed E-state index contributed by atoms with van der Waals surface area (Å²) in [6, 6.07) is 4.82. The second-order valence-corrected chi connectivity index (χ2v) is 24.6. The minimum atomic E-state index is -2.12. The SMILES string of the molecule is COc1cc2cc(c1Cl)N(C)C(=O)C[C@H](OC(=O)[C@H](C)N(C)C(=O)c1ccccc1NC(=O)[C@H](CCCNC(N)=O)NC(=O)[C@@H](NC(=S)NCCOCCOCCC(=O)ON1C(=O)CCC1=O)C(C)C)[C@](C)(O)[C@@H](C)[C@H](C)[C@@H]1C[C@@](O)(NC(=O)O1)[C@H](OC)/C=C/C=C(\C)C2. The highest BCUT2D eigenvalue weighted by molar-refractivity contribution is 7.80. The molecule has 3 aliphatic rings. The topological polar surface area (TPSA) is 384 Å². The molecule has 29 nitrogen and oxygen atoms in total. The van der Waals surface area contributed by atoms with Crippen LogP contribution in [-0.4, -0.2) is 200 Å². The lowest BCUT2D eigenvalue weighted by atomic mass is 9.73. The van der Waals surface area contributed by atoms with Gasteiger partial charge in [0, 0.05) is 53.6 Å². The van der Waals surface area contributed by atoms with Gasteiger partial charge in [0.05, 0.1) is 63.3 Å². The van der Waals surface area contributed by atoms with Gasteiger partial charge in [-0.05, 0) is 99.8 Å². The molecule has 518 valence electrons. The van der Waals surface area contributed by atoms with E-state index < -0.39 is 131 Å². The Morgan fingerprint density at radius 1 is 0.926 bits per heavy atom. The molecule has 3 aliphatic heterocycles. The Morgan fingerprint density at radius 3 is 2.24 bits per heavy atom. The molecule has 3 heterocycles. The average Bonchev–Trinajstić information content (AvgIpc) is 0.891. The molecule has 0 aromatic heterocycles. The molecule has 9 amide bonds. The number of esters is 1. The molecule has 0 saturated carbocycles. The quantitative estimate of drug-likeness (QED) is 0.0282. The molecular formula is C63H89ClN10O19S. The number of hydroxylamine groups is 2. The molecule has 5 rings (SSSR count). The van der Waals surface area contributed by atoms with Gasteiger partial charge in [0.2, 0.25) is 17.7 Å². The molecule has 0 aliphatic carbocycles. The first-order valence-electron chi connectivity index (χ1n) is 30.7. The number of likely N-dealkylation sites (N-methyl/N-ethyl adjacent to an activating group) is 1. The van der Waals surface area contributed by atoms with E-state index in [2.05, 4.69) is 31.9 Å².